The summed E-state index contributed by atoms with van der Waals surface area (Å²) >= 11 is 0. The molecule has 0 spiro atoms. The highest BCUT2D eigenvalue weighted by molar-refractivity contribution is 5.97. The smallest absolute Gasteiger partial charge is 0.230 e. The van der Waals surface area contributed by atoms with E-state index in [-0.39, 0.29) is 28.6 Å². The van der Waals surface area contributed by atoms with E-state index in [2.05, 4.69) is 44.4 Å². The number of nitrogens with one attached hydrogen (secondary N) is 2. The topological polar surface area (TPSA) is 58.2 Å². The second-order valence-electron chi connectivity index (χ2n) is 11.8. The number of benzene rings is 1. The first-order valence-electron chi connectivity index (χ1n) is 12.0. The Morgan fingerprint density at radius 2 is 1.35 bits per heavy atom. The van der Waals surface area contributed by atoms with Crippen molar-refractivity contribution in [3.05, 3.63) is 35.9 Å². The van der Waals surface area contributed by atoms with Gasteiger partial charge in [-0.15, -0.1) is 0 Å². The zero-order chi connectivity index (χ0) is 22.0. The fourth-order valence-electron chi connectivity index (χ4n) is 7.36. The van der Waals surface area contributed by atoms with Gasteiger partial charge in [0.1, 0.15) is 0 Å². The molecule has 6 rings (SSSR count). The number of hydrogen-bond acceptors (Lipinski definition) is 2. The second-order valence-corrected chi connectivity index (χ2v) is 11.8. The molecule has 2 N–H and O–H groups in total. The van der Waals surface area contributed by atoms with Gasteiger partial charge in [0.2, 0.25) is 11.8 Å². The Morgan fingerprint density at radius 3 is 1.84 bits per heavy atom. The third-order valence-electron chi connectivity index (χ3n) is 8.64. The number of rotatable bonds is 5. The van der Waals surface area contributed by atoms with Gasteiger partial charge >= 0.3 is 0 Å². The molecule has 4 bridgehead atoms. The Kier molecular flexibility index (Phi) is 4.84. The molecule has 4 heteroatoms. The zero-order valence-electron chi connectivity index (χ0n) is 19.3. The fraction of sp³-hybridized carbons (Fsp3) is 0.630. The summed E-state index contributed by atoms with van der Waals surface area (Å²) in [6, 6.07) is 7.64. The van der Waals surface area contributed by atoms with Crippen molar-refractivity contribution in [3.63, 3.8) is 0 Å². The molecule has 166 valence electrons. The highest BCUT2D eigenvalue weighted by Gasteiger charge is 2.60. The van der Waals surface area contributed by atoms with Gasteiger partial charge in [-0.25, -0.2) is 0 Å². The minimum Gasteiger partial charge on any atom is -0.326 e. The summed E-state index contributed by atoms with van der Waals surface area (Å²) in [6.07, 6.45) is 9.45. The Bertz CT molecular complexity index is 888. The molecule has 0 radical (unpaired) electrons. The van der Waals surface area contributed by atoms with Crippen molar-refractivity contribution in [1.82, 2.24) is 0 Å². The Morgan fingerprint density at radius 1 is 0.871 bits per heavy atom. The van der Waals surface area contributed by atoms with Crippen molar-refractivity contribution in [3.8, 4) is 0 Å². The predicted octanol–water partition coefficient (Wildman–Crippen LogP) is 6.02. The van der Waals surface area contributed by atoms with Crippen molar-refractivity contribution in [2.75, 3.05) is 10.6 Å². The van der Waals surface area contributed by atoms with Crippen molar-refractivity contribution in [2.24, 2.45) is 40.4 Å². The van der Waals surface area contributed by atoms with Gasteiger partial charge < -0.3 is 10.6 Å². The highest BCUT2D eigenvalue weighted by Crippen LogP contribution is 2.61. The lowest BCUT2D eigenvalue weighted by molar-refractivity contribution is -0.140. The summed E-state index contributed by atoms with van der Waals surface area (Å²) < 4.78 is 0. The molecule has 2 atom stereocenters. The van der Waals surface area contributed by atoms with E-state index in [1.165, 1.54) is 24.8 Å². The standard InChI is InChI=1S/C27H36N2O2/c1-16(2)9-22-23(26(22,3)4)24(30)28-20-5-7-21(8-6-20)29-25(31)27-13-17-10-18(14-27)12-19(11-17)15-27/h5-9,17-19,22-23H,10-15H2,1-4H3,(H,28,30)(H,29,31)/t17?,18?,19?,22-,23-,27?/m0/s1. The molecule has 1 aromatic carbocycles. The summed E-state index contributed by atoms with van der Waals surface area (Å²) in [5.41, 5.74) is 2.74. The highest BCUT2D eigenvalue weighted by atomic mass is 16.2. The molecule has 5 aliphatic carbocycles. The molecule has 5 saturated carbocycles. The molecule has 4 nitrogen and oxygen atoms in total. The number of carbonyl (C=O) groups excluding carboxylic acids is 2. The van der Waals surface area contributed by atoms with Gasteiger partial charge in [-0.3, -0.25) is 9.59 Å². The maximum absolute atomic E-state index is 13.2. The molecular weight excluding hydrogens is 384 g/mol. The van der Waals surface area contributed by atoms with Crippen LogP contribution in [0.25, 0.3) is 0 Å². The van der Waals surface area contributed by atoms with Crippen LogP contribution >= 0.6 is 0 Å². The van der Waals surface area contributed by atoms with Crippen LogP contribution in [0.1, 0.15) is 66.2 Å². The molecule has 2 amide bonds. The van der Waals surface area contributed by atoms with Crippen LogP contribution in [0.5, 0.6) is 0 Å². The van der Waals surface area contributed by atoms with Crippen LogP contribution in [0.3, 0.4) is 0 Å². The molecule has 5 aliphatic rings. The van der Waals surface area contributed by atoms with Crippen molar-refractivity contribution in [1.29, 1.82) is 0 Å². The van der Waals surface area contributed by atoms with Gasteiger partial charge in [0.25, 0.3) is 0 Å². The summed E-state index contributed by atoms with van der Waals surface area (Å²) in [4.78, 5) is 26.0. The third-order valence-corrected chi connectivity index (χ3v) is 8.64. The summed E-state index contributed by atoms with van der Waals surface area (Å²) in [6.45, 7) is 8.48. The first kappa shape index (κ1) is 20.8. The first-order valence-corrected chi connectivity index (χ1v) is 12.0. The number of hydrogen-bond donors (Lipinski definition) is 2. The van der Waals surface area contributed by atoms with Crippen molar-refractivity contribution >= 4 is 23.2 Å². The van der Waals surface area contributed by atoms with Gasteiger partial charge in [-0.1, -0.05) is 25.5 Å². The maximum atomic E-state index is 13.2. The van der Waals surface area contributed by atoms with Crippen LogP contribution in [-0.4, -0.2) is 11.8 Å². The minimum atomic E-state index is -0.140. The molecule has 0 aliphatic heterocycles. The van der Waals surface area contributed by atoms with Crippen LogP contribution < -0.4 is 10.6 Å². The molecule has 31 heavy (non-hydrogen) atoms. The molecule has 5 fully saturated rings. The average Bonchev–Trinajstić information content (AvgIpc) is 3.21. The van der Waals surface area contributed by atoms with Gasteiger partial charge in [0.05, 0.1) is 11.3 Å². The van der Waals surface area contributed by atoms with E-state index in [4.69, 9.17) is 0 Å². The van der Waals surface area contributed by atoms with Gasteiger partial charge in [0, 0.05) is 11.4 Å². The second kappa shape index (κ2) is 7.21. The monoisotopic (exact) mass is 420 g/mol. The number of allylic oxidation sites excluding steroid dienone is 2. The summed E-state index contributed by atoms with van der Waals surface area (Å²) in [5, 5.41) is 6.27. The normalized spacial score (nSPS) is 36.6. The van der Waals surface area contributed by atoms with Gasteiger partial charge in [-0.2, -0.15) is 0 Å². The lowest BCUT2D eigenvalue weighted by atomic mass is 9.49. The lowest BCUT2D eigenvalue weighted by Gasteiger charge is -2.55. The van der Waals surface area contributed by atoms with E-state index < -0.39 is 0 Å². The zero-order valence-corrected chi connectivity index (χ0v) is 19.3. The van der Waals surface area contributed by atoms with Crippen molar-refractivity contribution < 1.29 is 9.59 Å². The van der Waals surface area contributed by atoms with E-state index >= 15 is 0 Å². The summed E-state index contributed by atoms with van der Waals surface area (Å²) in [7, 11) is 0. The minimum absolute atomic E-state index is 0.00707. The quantitative estimate of drug-likeness (QED) is 0.572. The SMILES string of the molecule is CC(C)=C[C@H]1[C@@H](C(=O)Nc2ccc(NC(=O)C34CC5CC(CC(C5)C3)C4)cc2)C1(C)C. The maximum Gasteiger partial charge on any atom is 0.230 e. The predicted molar refractivity (Wildman–Crippen MR) is 124 cm³/mol. The molecule has 0 aromatic heterocycles. The Hall–Kier alpha value is -2.10. The van der Waals surface area contributed by atoms with Crippen LogP contribution in [0.15, 0.2) is 35.9 Å². The van der Waals surface area contributed by atoms with E-state index in [1.807, 2.05) is 24.3 Å². The van der Waals surface area contributed by atoms with E-state index in [9.17, 15) is 9.59 Å². The number of anilines is 2. The average molecular weight is 421 g/mol. The van der Waals surface area contributed by atoms with E-state index in [0.29, 0.717) is 5.92 Å². The third kappa shape index (κ3) is 3.72. The largest absolute Gasteiger partial charge is 0.326 e. The molecule has 0 unspecified atom stereocenters. The Labute approximate surface area is 186 Å². The van der Waals surface area contributed by atoms with E-state index in [0.717, 1.165) is 48.4 Å². The van der Waals surface area contributed by atoms with Gasteiger partial charge in [-0.05, 0) is 106 Å². The molecule has 1 aromatic rings. The Balaban J connectivity index is 1.21. The van der Waals surface area contributed by atoms with E-state index in [1.54, 1.807) is 0 Å². The molecular formula is C27H36N2O2. The van der Waals surface area contributed by atoms with Crippen molar-refractivity contribution in [2.45, 2.75) is 66.2 Å². The lowest BCUT2D eigenvalue weighted by Crippen LogP contribution is -2.51. The van der Waals surface area contributed by atoms with Crippen LogP contribution in [0.2, 0.25) is 0 Å². The van der Waals surface area contributed by atoms with Crippen LogP contribution in [0, 0.1) is 40.4 Å². The fourth-order valence-corrected chi connectivity index (χ4v) is 7.36. The number of amides is 2. The van der Waals surface area contributed by atoms with Crippen LogP contribution in [-0.2, 0) is 9.59 Å². The number of carbonyl (C=O) groups is 2. The van der Waals surface area contributed by atoms with Gasteiger partial charge in [0.15, 0.2) is 0 Å². The summed E-state index contributed by atoms with van der Waals surface area (Å²) in [5.74, 6) is 2.89. The first-order chi connectivity index (χ1) is 14.7. The van der Waals surface area contributed by atoms with Crippen LogP contribution in [0.4, 0.5) is 11.4 Å². The molecule has 0 saturated heterocycles. The molecule has 0 heterocycles.